The fraction of sp³-hybridized carbons (Fsp3) is 0. The summed E-state index contributed by atoms with van der Waals surface area (Å²) in [6.07, 6.45) is 0. The van der Waals surface area contributed by atoms with Gasteiger partial charge in [0.25, 0.3) is 0 Å². The van der Waals surface area contributed by atoms with Gasteiger partial charge in [0.1, 0.15) is 0 Å². The predicted molar refractivity (Wildman–Crippen MR) is 132 cm³/mol. The summed E-state index contributed by atoms with van der Waals surface area (Å²) in [5.41, 5.74) is 6.54. The highest BCUT2D eigenvalue weighted by Gasteiger charge is 2.14. The van der Waals surface area contributed by atoms with Crippen LogP contribution in [-0.2, 0) is 0 Å². The van der Waals surface area contributed by atoms with Crippen LogP contribution in [0.1, 0.15) is 0 Å². The van der Waals surface area contributed by atoms with Crippen LogP contribution in [0.25, 0.3) is 33.4 Å². The second-order valence-corrected chi connectivity index (χ2v) is 7.79. The van der Waals surface area contributed by atoms with E-state index in [-0.39, 0.29) is 0 Å². The van der Waals surface area contributed by atoms with E-state index >= 15 is 0 Å². The van der Waals surface area contributed by atoms with E-state index in [4.69, 9.17) is 0 Å². The Hall–Kier alpha value is -3.17. The zero-order valence-corrected chi connectivity index (χ0v) is 17.6. The molecule has 0 atom stereocenters. The monoisotopic (exact) mass is 438 g/mol. The summed E-state index contributed by atoms with van der Waals surface area (Å²) in [5, 5.41) is 56.3. The van der Waals surface area contributed by atoms with Gasteiger partial charge >= 0.3 is 21.4 Å². The van der Waals surface area contributed by atoms with Crippen molar-refractivity contribution in [1.29, 1.82) is 0 Å². The minimum atomic E-state index is -1.54. The van der Waals surface area contributed by atoms with Crippen molar-refractivity contribution >= 4 is 37.7 Å². The molecule has 33 heavy (non-hydrogen) atoms. The van der Waals surface area contributed by atoms with Gasteiger partial charge in [-0.15, -0.1) is 0 Å². The van der Waals surface area contributed by atoms with Gasteiger partial charge in [0.05, 0.1) is 0 Å². The smallest absolute Gasteiger partial charge is 0.423 e. The molecule has 0 saturated heterocycles. The quantitative estimate of drug-likeness (QED) is 0.231. The van der Waals surface area contributed by atoms with E-state index in [1.54, 1.807) is 36.4 Å². The second kappa shape index (κ2) is 9.76. The number of hydrogen-bond donors (Lipinski definition) is 6. The Labute approximate surface area is 192 Å². The van der Waals surface area contributed by atoms with Crippen LogP contribution in [0.2, 0.25) is 0 Å². The summed E-state index contributed by atoms with van der Waals surface area (Å²) in [6, 6.07) is 26.8. The normalized spacial score (nSPS) is 10.7. The zero-order valence-electron chi connectivity index (χ0n) is 17.6. The highest BCUT2D eigenvalue weighted by molar-refractivity contribution is 6.59. The number of rotatable bonds is 6. The van der Waals surface area contributed by atoms with Gasteiger partial charge in [0, 0.05) is 0 Å². The molecule has 6 nitrogen and oxygen atoms in total. The molecule has 4 aromatic rings. The van der Waals surface area contributed by atoms with Gasteiger partial charge in [-0.1, -0.05) is 72.8 Å². The molecule has 0 heterocycles. The van der Waals surface area contributed by atoms with Crippen LogP contribution in [0.4, 0.5) is 0 Å². The van der Waals surface area contributed by atoms with Crippen LogP contribution in [0.3, 0.4) is 0 Å². The molecule has 0 bridgehead atoms. The molecule has 6 N–H and O–H groups in total. The van der Waals surface area contributed by atoms with Crippen molar-refractivity contribution in [3.8, 4) is 33.4 Å². The fourth-order valence-electron chi connectivity index (χ4n) is 3.67. The Bertz CT molecular complexity index is 1060. The molecule has 0 aliphatic carbocycles. The van der Waals surface area contributed by atoms with E-state index in [2.05, 4.69) is 0 Å². The Morgan fingerprint density at radius 2 is 0.515 bits per heavy atom. The topological polar surface area (TPSA) is 121 Å². The van der Waals surface area contributed by atoms with Gasteiger partial charge in [-0.05, 0) is 68.0 Å². The van der Waals surface area contributed by atoms with Crippen LogP contribution in [0.15, 0.2) is 91.0 Å². The Balaban J connectivity index is 1.81. The maximum absolute atomic E-state index is 9.38. The molecule has 4 rings (SSSR count). The van der Waals surface area contributed by atoms with Crippen LogP contribution in [-0.4, -0.2) is 51.5 Å². The molecule has 0 amide bonds. The lowest BCUT2D eigenvalue weighted by molar-refractivity contribution is 0.424. The van der Waals surface area contributed by atoms with E-state index in [9.17, 15) is 30.1 Å². The molecule has 0 aromatic heterocycles. The van der Waals surface area contributed by atoms with Crippen LogP contribution >= 0.6 is 0 Å². The average Bonchev–Trinajstić information content (AvgIpc) is 2.84. The first-order valence-electron chi connectivity index (χ1n) is 10.4. The van der Waals surface area contributed by atoms with Gasteiger partial charge < -0.3 is 30.1 Å². The SMILES string of the molecule is OB(O)c1ccc(-c2cc(-c3ccc(B(O)O)cc3)cc(-c3ccc(B(O)O)cc3)c2)cc1. The van der Waals surface area contributed by atoms with E-state index in [0.29, 0.717) is 16.4 Å². The van der Waals surface area contributed by atoms with Crippen LogP contribution in [0, 0.1) is 0 Å². The Morgan fingerprint density at radius 3 is 0.697 bits per heavy atom. The molecule has 4 aromatic carbocycles. The first kappa shape index (κ1) is 23.0. The molecule has 9 heteroatoms. The number of hydrogen-bond acceptors (Lipinski definition) is 6. The summed E-state index contributed by atoms with van der Waals surface area (Å²) >= 11 is 0. The Morgan fingerprint density at radius 1 is 0.303 bits per heavy atom. The van der Waals surface area contributed by atoms with Crippen molar-refractivity contribution in [2.45, 2.75) is 0 Å². The van der Waals surface area contributed by atoms with Crippen molar-refractivity contribution in [3.05, 3.63) is 91.0 Å². The van der Waals surface area contributed by atoms with Crippen LogP contribution < -0.4 is 16.4 Å². The molecule has 0 aliphatic heterocycles. The Kier molecular flexibility index (Phi) is 6.81. The molecular formula is C24H21B3O6. The predicted octanol–water partition coefficient (Wildman–Crippen LogP) is -0.273. The van der Waals surface area contributed by atoms with Crippen molar-refractivity contribution in [1.82, 2.24) is 0 Å². The summed E-state index contributed by atoms with van der Waals surface area (Å²) in [7, 11) is -4.62. The third-order valence-electron chi connectivity index (χ3n) is 5.56. The van der Waals surface area contributed by atoms with E-state index in [1.165, 1.54) is 0 Å². The minimum Gasteiger partial charge on any atom is -0.423 e. The van der Waals surface area contributed by atoms with Crippen molar-refractivity contribution in [3.63, 3.8) is 0 Å². The maximum atomic E-state index is 9.38. The second-order valence-electron chi connectivity index (χ2n) is 7.79. The van der Waals surface area contributed by atoms with E-state index in [0.717, 1.165) is 33.4 Å². The third-order valence-corrected chi connectivity index (χ3v) is 5.56. The van der Waals surface area contributed by atoms with Gasteiger partial charge in [0.15, 0.2) is 0 Å². The maximum Gasteiger partial charge on any atom is 0.488 e. The zero-order chi connectivity index (χ0) is 23.5. The van der Waals surface area contributed by atoms with Gasteiger partial charge in [-0.2, -0.15) is 0 Å². The molecule has 0 spiro atoms. The third kappa shape index (κ3) is 5.26. The van der Waals surface area contributed by atoms with E-state index < -0.39 is 21.4 Å². The summed E-state index contributed by atoms with van der Waals surface area (Å²) in [5.74, 6) is 0. The van der Waals surface area contributed by atoms with Gasteiger partial charge in [-0.3, -0.25) is 0 Å². The lowest BCUT2D eigenvalue weighted by atomic mass is 9.79. The first-order chi connectivity index (χ1) is 15.8. The van der Waals surface area contributed by atoms with Crippen molar-refractivity contribution in [2.75, 3.05) is 0 Å². The summed E-state index contributed by atoms with van der Waals surface area (Å²) in [6.45, 7) is 0. The first-order valence-corrected chi connectivity index (χ1v) is 10.4. The molecule has 0 aliphatic rings. The molecular weight excluding hydrogens is 417 g/mol. The summed E-state index contributed by atoms with van der Waals surface area (Å²) < 4.78 is 0. The van der Waals surface area contributed by atoms with E-state index in [1.807, 2.05) is 54.6 Å². The average molecular weight is 438 g/mol. The van der Waals surface area contributed by atoms with Gasteiger partial charge in [-0.25, -0.2) is 0 Å². The molecule has 0 saturated carbocycles. The standard InChI is InChI=1S/C24H21B3O6/c28-25(29)22-7-1-16(2-8-22)19-13-20(17-3-9-23(10-4-17)26(30)31)15-21(14-19)18-5-11-24(12-6-18)27(32)33/h1-15,28-33H. The fourth-order valence-corrected chi connectivity index (χ4v) is 3.67. The minimum absolute atomic E-state index is 0.395. The molecule has 0 fully saturated rings. The summed E-state index contributed by atoms with van der Waals surface area (Å²) in [4.78, 5) is 0. The largest absolute Gasteiger partial charge is 0.488 e. The number of benzene rings is 4. The highest BCUT2D eigenvalue weighted by atomic mass is 16.4. The lowest BCUT2D eigenvalue weighted by Crippen LogP contribution is -2.29. The molecule has 0 radical (unpaired) electrons. The van der Waals surface area contributed by atoms with Crippen molar-refractivity contribution < 1.29 is 30.1 Å². The van der Waals surface area contributed by atoms with Crippen LogP contribution in [0.5, 0.6) is 0 Å². The lowest BCUT2D eigenvalue weighted by Gasteiger charge is -2.13. The highest BCUT2D eigenvalue weighted by Crippen LogP contribution is 2.32. The van der Waals surface area contributed by atoms with Gasteiger partial charge in [0.2, 0.25) is 0 Å². The molecule has 0 unspecified atom stereocenters. The molecule has 162 valence electrons. The van der Waals surface area contributed by atoms with Crippen molar-refractivity contribution in [2.24, 2.45) is 0 Å².